The summed E-state index contributed by atoms with van der Waals surface area (Å²) in [5.74, 6) is -2.66. The van der Waals surface area contributed by atoms with Gasteiger partial charge in [0.15, 0.2) is 0 Å². The summed E-state index contributed by atoms with van der Waals surface area (Å²) < 4.78 is 16.3. The summed E-state index contributed by atoms with van der Waals surface area (Å²) in [4.78, 5) is 60.2. The van der Waals surface area contributed by atoms with Crippen LogP contribution < -0.4 is 10.1 Å². The fraction of sp³-hybridized carbons (Fsp3) is 0.500. The predicted octanol–water partition coefficient (Wildman–Crippen LogP) is 0.755. The van der Waals surface area contributed by atoms with Crippen LogP contribution in [0.5, 0.6) is 5.75 Å². The molecule has 1 aromatic rings. The molecule has 0 spiro atoms. The van der Waals surface area contributed by atoms with E-state index in [1.807, 2.05) is 0 Å². The summed E-state index contributed by atoms with van der Waals surface area (Å²) in [6, 6.07) is 3.50. The van der Waals surface area contributed by atoms with Crippen LogP contribution in [-0.4, -0.2) is 78.7 Å². The van der Waals surface area contributed by atoms with E-state index in [9.17, 15) is 24.0 Å². The van der Waals surface area contributed by atoms with Gasteiger partial charge in [0, 0.05) is 19.4 Å². The average Bonchev–Trinajstić information content (AvgIpc) is 3.02. The van der Waals surface area contributed by atoms with Crippen LogP contribution in [0.15, 0.2) is 18.2 Å². The molecular formula is C22H26N2O9. The van der Waals surface area contributed by atoms with Crippen molar-refractivity contribution in [3.05, 3.63) is 29.3 Å². The van der Waals surface area contributed by atoms with Gasteiger partial charge in [-0.15, -0.1) is 0 Å². The number of carbonyl (C=O) groups is 5. The Labute approximate surface area is 190 Å². The highest BCUT2D eigenvalue weighted by Gasteiger charge is 2.44. The highest BCUT2D eigenvalue weighted by Crippen LogP contribution is 2.30. The van der Waals surface area contributed by atoms with Crippen molar-refractivity contribution in [2.45, 2.75) is 38.1 Å². The summed E-state index contributed by atoms with van der Waals surface area (Å²) in [5, 5.41) is 10.7. The van der Waals surface area contributed by atoms with E-state index in [0.29, 0.717) is 38.4 Å². The lowest BCUT2D eigenvalue weighted by Gasteiger charge is -2.27. The van der Waals surface area contributed by atoms with E-state index in [0.717, 1.165) is 4.90 Å². The molecule has 0 aliphatic carbocycles. The number of amides is 4. The van der Waals surface area contributed by atoms with E-state index in [1.54, 1.807) is 6.07 Å². The first-order valence-electron chi connectivity index (χ1n) is 10.7. The summed E-state index contributed by atoms with van der Waals surface area (Å²) in [6.45, 7) is 1.73. The topological polar surface area (TPSA) is 149 Å². The zero-order valence-electron chi connectivity index (χ0n) is 18.0. The van der Waals surface area contributed by atoms with Crippen molar-refractivity contribution in [2.75, 3.05) is 33.0 Å². The predicted molar refractivity (Wildman–Crippen MR) is 112 cm³/mol. The Morgan fingerprint density at radius 1 is 0.970 bits per heavy atom. The first-order valence-corrected chi connectivity index (χ1v) is 10.7. The number of unbranched alkanes of at least 4 members (excludes halogenated alkanes) is 1. The van der Waals surface area contributed by atoms with Crippen LogP contribution in [0.2, 0.25) is 0 Å². The van der Waals surface area contributed by atoms with Crippen molar-refractivity contribution >= 4 is 29.6 Å². The van der Waals surface area contributed by atoms with Gasteiger partial charge in [-0.2, -0.15) is 0 Å². The maximum Gasteiger partial charge on any atom is 0.303 e. The van der Waals surface area contributed by atoms with Crippen molar-refractivity contribution in [3.8, 4) is 5.75 Å². The standard InChI is InChI=1S/C22H26N2O9/c25-18-7-6-17(20(28)23-18)24-21(29)15-5-4-14(13-16(15)22(24)30)33-12-11-32-10-9-31-8-2-1-3-19(26)27/h4-5,13,17H,1-3,6-12H2,(H,26,27)(H,23,25,28). The number of ether oxygens (including phenoxy) is 3. The Morgan fingerprint density at radius 3 is 2.39 bits per heavy atom. The quantitative estimate of drug-likeness (QED) is 0.320. The molecule has 4 amide bonds. The van der Waals surface area contributed by atoms with Gasteiger partial charge >= 0.3 is 5.97 Å². The van der Waals surface area contributed by atoms with Gasteiger partial charge in [-0.3, -0.25) is 34.2 Å². The zero-order valence-corrected chi connectivity index (χ0v) is 18.0. The Hall–Kier alpha value is -3.31. The van der Waals surface area contributed by atoms with Crippen molar-refractivity contribution in [2.24, 2.45) is 0 Å². The molecule has 11 heteroatoms. The molecule has 0 aromatic heterocycles. The van der Waals surface area contributed by atoms with Crippen molar-refractivity contribution in [3.63, 3.8) is 0 Å². The molecule has 1 saturated heterocycles. The van der Waals surface area contributed by atoms with Crippen LogP contribution in [-0.2, 0) is 23.9 Å². The minimum Gasteiger partial charge on any atom is -0.491 e. The van der Waals surface area contributed by atoms with Crippen LogP contribution in [0.3, 0.4) is 0 Å². The van der Waals surface area contributed by atoms with Crippen LogP contribution >= 0.6 is 0 Å². The highest BCUT2D eigenvalue weighted by atomic mass is 16.5. The Morgan fingerprint density at radius 2 is 1.67 bits per heavy atom. The Bertz CT molecular complexity index is 930. The van der Waals surface area contributed by atoms with Crippen LogP contribution in [0.1, 0.15) is 52.8 Å². The van der Waals surface area contributed by atoms with Gasteiger partial charge in [0.25, 0.3) is 11.8 Å². The number of carboxylic acid groups (broad SMARTS) is 1. The number of piperidine rings is 1. The molecule has 11 nitrogen and oxygen atoms in total. The second-order valence-electron chi connectivity index (χ2n) is 7.58. The SMILES string of the molecule is O=C(O)CCCCOCCOCCOc1ccc2c(c1)C(=O)N(C1CCC(=O)NC1=O)C2=O. The zero-order chi connectivity index (χ0) is 23.8. The molecular weight excluding hydrogens is 436 g/mol. The maximum absolute atomic E-state index is 12.8. The van der Waals surface area contributed by atoms with Crippen LogP contribution in [0.4, 0.5) is 0 Å². The van der Waals surface area contributed by atoms with Crippen LogP contribution in [0, 0.1) is 0 Å². The smallest absolute Gasteiger partial charge is 0.303 e. The van der Waals surface area contributed by atoms with Gasteiger partial charge in [0.05, 0.1) is 30.9 Å². The number of hydrogen-bond acceptors (Lipinski definition) is 8. The number of imide groups is 2. The minimum atomic E-state index is -1.01. The van der Waals surface area contributed by atoms with Gasteiger partial charge in [-0.25, -0.2) is 0 Å². The lowest BCUT2D eigenvalue weighted by molar-refractivity contribution is -0.138. The number of aliphatic carboxylic acids is 1. The summed E-state index contributed by atoms with van der Waals surface area (Å²) in [5.41, 5.74) is 0.341. The van der Waals surface area contributed by atoms with Crippen molar-refractivity contribution < 1.29 is 43.3 Å². The van der Waals surface area contributed by atoms with E-state index < -0.39 is 35.6 Å². The van der Waals surface area contributed by atoms with E-state index in [-0.39, 0.29) is 43.6 Å². The molecule has 1 fully saturated rings. The average molecular weight is 462 g/mol. The lowest BCUT2D eigenvalue weighted by Crippen LogP contribution is -2.54. The number of carboxylic acids is 1. The van der Waals surface area contributed by atoms with Gasteiger partial charge in [-0.1, -0.05) is 0 Å². The fourth-order valence-electron chi connectivity index (χ4n) is 3.56. The summed E-state index contributed by atoms with van der Waals surface area (Å²) >= 11 is 0. The first kappa shape index (κ1) is 24.3. The third-order valence-corrected chi connectivity index (χ3v) is 5.21. The molecule has 1 unspecified atom stereocenters. The van der Waals surface area contributed by atoms with E-state index >= 15 is 0 Å². The molecule has 2 aliphatic heterocycles. The van der Waals surface area contributed by atoms with Crippen molar-refractivity contribution in [1.29, 1.82) is 0 Å². The van der Waals surface area contributed by atoms with Gasteiger partial charge < -0.3 is 19.3 Å². The monoisotopic (exact) mass is 462 g/mol. The summed E-state index contributed by atoms with van der Waals surface area (Å²) in [6.07, 6.45) is 1.55. The fourth-order valence-corrected chi connectivity index (χ4v) is 3.56. The molecule has 2 N–H and O–H groups in total. The molecule has 2 aliphatic rings. The number of nitrogens with one attached hydrogen (secondary N) is 1. The summed E-state index contributed by atoms with van der Waals surface area (Å²) in [7, 11) is 0. The third kappa shape index (κ3) is 6.36. The molecule has 2 heterocycles. The van der Waals surface area contributed by atoms with Crippen LogP contribution in [0.25, 0.3) is 0 Å². The largest absolute Gasteiger partial charge is 0.491 e. The lowest BCUT2D eigenvalue weighted by atomic mass is 10.0. The first-order chi connectivity index (χ1) is 15.9. The normalized spacial score (nSPS) is 17.8. The Kier molecular flexibility index (Phi) is 8.50. The van der Waals surface area contributed by atoms with Gasteiger partial charge in [0.2, 0.25) is 11.8 Å². The number of nitrogens with zero attached hydrogens (tertiary/aromatic N) is 1. The molecule has 1 aromatic carbocycles. The number of carbonyl (C=O) groups excluding carboxylic acids is 4. The number of rotatable bonds is 13. The second kappa shape index (κ2) is 11.5. The third-order valence-electron chi connectivity index (χ3n) is 5.21. The minimum absolute atomic E-state index is 0.0634. The number of benzene rings is 1. The molecule has 33 heavy (non-hydrogen) atoms. The van der Waals surface area contributed by atoms with E-state index in [4.69, 9.17) is 19.3 Å². The molecule has 0 bridgehead atoms. The molecule has 0 saturated carbocycles. The highest BCUT2D eigenvalue weighted by molar-refractivity contribution is 6.23. The second-order valence-corrected chi connectivity index (χ2v) is 7.58. The Balaban J connectivity index is 1.39. The van der Waals surface area contributed by atoms with Gasteiger partial charge in [-0.05, 0) is 37.5 Å². The molecule has 178 valence electrons. The number of fused-ring (bicyclic) bond motifs is 1. The van der Waals surface area contributed by atoms with E-state index in [2.05, 4.69) is 5.32 Å². The maximum atomic E-state index is 12.8. The molecule has 3 rings (SSSR count). The molecule has 1 atom stereocenters. The number of hydrogen-bond donors (Lipinski definition) is 2. The van der Waals surface area contributed by atoms with Gasteiger partial charge in [0.1, 0.15) is 18.4 Å². The van der Waals surface area contributed by atoms with Crippen molar-refractivity contribution in [1.82, 2.24) is 10.2 Å². The molecule has 0 radical (unpaired) electrons. The van der Waals surface area contributed by atoms with E-state index in [1.165, 1.54) is 12.1 Å².